The number of halogens is 3. The Balaban J connectivity index is 2.25. The maximum atomic E-state index is 13.6. The quantitative estimate of drug-likeness (QED) is 0.619. The van der Waals surface area contributed by atoms with Gasteiger partial charge in [0, 0.05) is 30.6 Å². The summed E-state index contributed by atoms with van der Waals surface area (Å²) in [6.07, 6.45) is -4.46. The maximum Gasteiger partial charge on any atom is 0.451 e. The lowest BCUT2D eigenvalue weighted by Crippen LogP contribution is -2.41. The van der Waals surface area contributed by atoms with Crippen LogP contribution in [0.25, 0.3) is 10.9 Å². The van der Waals surface area contributed by atoms with Crippen LogP contribution in [0.5, 0.6) is 11.5 Å². The predicted octanol–water partition coefficient (Wildman–Crippen LogP) is 2.22. The molecule has 1 fully saturated rings. The van der Waals surface area contributed by atoms with Crippen molar-refractivity contribution in [3.8, 4) is 11.5 Å². The first-order chi connectivity index (χ1) is 14.4. The number of benzene rings is 1. The Morgan fingerprint density at radius 2 is 1.74 bits per heavy atom. The molecule has 0 N–H and O–H groups in total. The van der Waals surface area contributed by atoms with Gasteiger partial charge in [-0.2, -0.15) is 13.2 Å². The Morgan fingerprint density at radius 1 is 1.10 bits per heavy atom. The van der Waals surface area contributed by atoms with E-state index in [4.69, 9.17) is 9.47 Å². The highest BCUT2D eigenvalue weighted by Crippen LogP contribution is 2.38. The summed E-state index contributed by atoms with van der Waals surface area (Å²) in [5, 5.41) is 0.328. The number of hydrogen-bond acceptors (Lipinski definition) is 8. The Morgan fingerprint density at radius 3 is 2.26 bits per heavy atom. The molecule has 0 spiro atoms. The van der Waals surface area contributed by atoms with E-state index in [1.54, 1.807) is 4.90 Å². The standard InChI is InChI=1S/C19H25F3N4O4S/c1-25(2)6-7-26(12-5-8-31(27,28)11-12)17-13-9-15(29-3)16(30-4)10-14(13)23-18(24-17)19(20,21)22/h9-10,12H,5-8,11H2,1-4H3. The molecule has 0 bridgehead atoms. The lowest BCUT2D eigenvalue weighted by molar-refractivity contribution is -0.144. The van der Waals surface area contributed by atoms with E-state index in [0.29, 0.717) is 30.6 Å². The highest BCUT2D eigenvalue weighted by molar-refractivity contribution is 7.91. The first-order valence-electron chi connectivity index (χ1n) is 9.58. The van der Waals surface area contributed by atoms with E-state index in [9.17, 15) is 21.6 Å². The number of fused-ring (bicyclic) bond motifs is 1. The second-order valence-corrected chi connectivity index (χ2v) is 9.88. The summed E-state index contributed by atoms with van der Waals surface area (Å²) in [4.78, 5) is 11.1. The summed E-state index contributed by atoms with van der Waals surface area (Å²) in [6, 6.07) is 2.40. The molecule has 0 amide bonds. The number of sulfone groups is 1. The highest BCUT2D eigenvalue weighted by Gasteiger charge is 2.38. The summed E-state index contributed by atoms with van der Waals surface area (Å²) < 4.78 is 75.5. The maximum absolute atomic E-state index is 13.6. The van der Waals surface area contributed by atoms with Crippen molar-refractivity contribution in [2.75, 3.05) is 57.8 Å². The molecular weight excluding hydrogens is 437 g/mol. The van der Waals surface area contributed by atoms with Crippen molar-refractivity contribution in [3.63, 3.8) is 0 Å². The van der Waals surface area contributed by atoms with Crippen LogP contribution in [0, 0.1) is 0 Å². The fourth-order valence-electron chi connectivity index (χ4n) is 3.58. The van der Waals surface area contributed by atoms with Crippen molar-refractivity contribution in [1.29, 1.82) is 0 Å². The molecule has 1 aliphatic rings. The average Bonchev–Trinajstić information content (AvgIpc) is 3.05. The van der Waals surface area contributed by atoms with Crippen LogP contribution < -0.4 is 14.4 Å². The third kappa shape index (κ3) is 5.12. The van der Waals surface area contributed by atoms with Gasteiger partial charge in [0.25, 0.3) is 0 Å². The van der Waals surface area contributed by atoms with Gasteiger partial charge in [-0.15, -0.1) is 0 Å². The van der Waals surface area contributed by atoms with Crippen LogP contribution in [0.2, 0.25) is 0 Å². The van der Waals surface area contributed by atoms with Crippen LogP contribution in [-0.4, -0.2) is 82.2 Å². The number of hydrogen-bond donors (Lipinski definition) is 0. The molecule has 1 unspecified atom stereocenters. The smallest absolute Gasteiger partial charge is 0.451 e. The second-order valence-electron chi connectivity index (χ2n) is 7.65. The van der Waals surface area contributed by atoms with Crippen molar-refractivity contribution in [2.45, 2.75) is 18.6 Å². The van der Waals surface area contributed by atoms with Crippen LogP contribution in [0.1, 0.15) is 12.2 Å². The zero-order chi connectivity index (χ0) is 23.0. The molecule has 1 aliphatic heterocycles. The van der Waals surface area contributed by atoms with Crippen molar-refractivity contribution in [1.82, 2.24) is 14.9 Å². The van der Waals surface area contributed by atoms with Crippen LogP contribution >= 0.6 is 0 Å². The average molecular weight is 462 g/mol. The zero-order valence-corrected chi connectivity index (χ0v) is 18.5. The van der Waals surface area contributed by atoms with Gasteiger partial charge in [-0.1, -0.05) is 0 Å². The van der Waals surface area contributed by atoms with Gasteiger partial charge in [-0.05, 0) is 26.6 Å². The molecule has 172 valence electrons. The zero-order valence-electron chi connectivity index (χ0n) is 17.7. The third-order valence-corrected chi connectivity index (χ3v) is 6.89. The number of rotatable bonds is 7. The first-order valence-corrected chi connectivity index (χ1v) is 11.4. The summed E-state index contributed by atoms with van der Waals surface area (Å²) in [5.41, 5.74) is 0.0330. The lowest BCUT2D eigenvalue weighted by atomic mass is 10.1. The molecule has 0 radical (unpaired) electrons. The largest absolute Gasteiger partial charge is 0.493 e. The number of ether oxygens (including phenoxy) is 2. The van der Waals surface area contributed by atoms with Crippen molar-refractivity contribution >= 4 is 26.6 Å². The Labute approximate surface area is 178 Å². The summed E-state index contributed by atoms with van der Waals surface area (Å²) in [7, 11) is 3.19. The minimum atomic E-state index is -4.77. The van der Waals surface area contributed by atoms with E-state index in [1.807, 2.05) is 19.0 Å². The Bertz CT molecular complexity index is 1060. The summed E-state index contributed by atoms with van der Waals surface area (Å²) in [5.74, 6) is -0.870. The van der Waals surface area contributed by atoms with Gasteiger partial charge in [-0.3, -0.25) is 0 Å². The molecule has 31 heavy (non-hydrogen) atoms. The van der Waals surface area contributed by atoms with E-state index < -0.39 is 27.9 Å². The normalized spacial score (nSPS) is 18.5. The van der Waals surface area contributed by atoms with Crippen LogP contribution in [0.4, 0.5) is 19.0 Å². The number of aromatic nitrogens is 2. The topological polar surface area (TPSA) is 84.9 Å². The van der Waals surface area contributed by atoms with Gasteiger partial charge in [0.05, 0.1) is 31.2 Å². The van der Waals surface area contributed by atoms with E-state index in [2.05, 4.69) is 9.97 Å². The molecule has 12 heteroatoms. The van der Waals surface area contributed by atoms with Gasteiger partial charge in [0.1, 0.15) is 5.82 Å². The molecule has 8 nitrogen and oxygen atoms in total. The predicted molar refractivity (Wildman–Crippen MR) is 111 cm³/mol. The van der Waals surface area contributed by atoms with Crippen molar-refractivity contribution in [2.24, 2.45) is 0 Å². The van der Waals surface area contributed by atoms with E-state index in [-0.39, 0.29) is 28.6 Å². The molecule has 1 saturated heterocycles. The molecule has 2 heterocycles. The monoisotopic (exact) mass is 462 g/mol. The fraction of sp³-hybridized carbons (Fsp3) is 0.579. The molecule has 1 aromatic heterocycles. The SMILES string of the molecule is COc1cc2nc(C(F)(F)F)nc(N(CCN(C)C)C3CCS(=O)(=O)C3)c2cc1OC. The summed E-state index contributed by atoms with van der Waals surface area (Å²) >= 11 is 0. The van der Waals surface area contributed by atoms with E-state index in [0.717, 1.165) is 0 Å². The van der Waals surface area contributed by atoms with Crippen LogP contribution in [-0.2, 0) is 16.0 Å². The second kappa shape index (κ2) is 8.65. The van der Waals surface area contributed by atoms with Crippen LogP contribution in [0.15, 0.2) is 12.1 Å². The van der Waals surface area contributed by atoms with Crippen molar-refractivity contribution < 1.29 is 31.1 Å². The lowest BCUT2D eigenvalue weighted by Gasteiger charge is -2.32. The van der Waals surface area contributed by atoms with Gasteiger partial charge in [0.2, 0.25) is 5.82 Å². The van der Waals surface area contributed by atoms with Gasteiger partial charge >= 0.3 is 6.18 Å². The molecule has 0 aliphatic carbocycles. The number of nitrogens with zero attached hydrogens (tertiary/aromatic N) is 4. The molecule has 1 aromatic carbocycles. The number of alkyl halides is 3. The number of methoxy groups -OCH3 is 2. The summed E-state index contributed by atoms with van der Waals surface area (Å²) in [6.45, 7) is 0.793. The third-order valence-electron chi connectivity index (χ3n) is 5.14. The highest BCUT2D eigenvalue weighted by atomic mass is 32.2. The first kappa shape index (κ1) is 23.3. The Kier molecular flexibility index (Phi) is 6.51. The molecule has 0 saturated carbocycles. The molecule has 2 aromatic rings. The molecule has 3 rings (SSSR count). The van der Waals surface area contributed by atoms with Crippen LogP contribution in [0.3, 0.4) is 0 Å². The number of likely N-dealkylation sites (N-methyl/N-ethyl adjacent to an activating group) is 1. The number of anilines is 1. The van der Waals surface area contributed by atoms with Gasteiger partial charge < -0.3 is 19.3 Å². The van der Waals surface area contributed by atoms with Gasteiger partial charge in [0.15, 0.2) is 21.3 Å². The fourth-order valence-corrected chi connectivity index (χ4v) is 5.31. The minimum absolute atomic E-state index is 0.0115. The minimum Gasteiger partial charge on any atom is -0.493 e. The van der Waals surface area contributed by atoms with Gasteiger partial charge in [-0.25, -0.2) is 18.4 Å². The molecular formula is C19H25F3N4O4S. The van der Waals surface area contributed by atoms with Crippen molar-refractivity contribution in [3.05, 3.63) is 18.0 Å². The molecule has 1 atom stereocenters. The van der Waals surface area contributed by atoms with E-state index in [1.165, 1.54) is 26.4 Å². The Hall–Kier alpha value is -2.34. The van der Waals surface area contributed by atoms with E-state index >= 15 is 0 Å².